The van der Waals surface area contributed by atoms with Crippen molar-refractivity contribution in [2.45, 2.75) is 69.9 Å². The summed E-state index contributed by atoms with van der Waals surface area (Å²) in [7, 11) is 0. The van der Waals surface area contributed by atoms with Crippen molar-refractivity contribution in [3.05, 3.63) is 33.6 Å². The molecule has 4 aliphatic carbocycles. The number of rotatable bonds is 5. The van der Waals surface area contributed by atoms with Gasteiger partial charge < -0.3 is 9.63 Å². The highest BCUT2D eigenvalue weighted by Crippen LogP contribution is 2.61. The third-order valence-corrected chi connectivity index (χ3v) is 9.19. The zero-order valence-electron chi connectivity index (χ0n) is 17.2. The molecule has 4 bridgehead atoms. The van der Waals surface area contributed by atoms with E-state index in [0.29, 0.717) is 5.41 Å². The number of aromatic nitrogens is 2. The normalized spacial score (nSPS) is 38.9. The van der Waals surface area contributed by atoms with Crippen molar-refractivity contribution < 1.29 is 9.63 Å². The number of aliphatic hydroxyl groups is 1. The first-order valence-electron chi connectivity index (χ1n) is 11.3. The molecule has 156 valence electrons. The van der Waals surface area contributed by atoms with Crippen LogP contribution in [0.5, 0.6) is 0 Å². The first kappa shape index (κ1) is 18.5. The van der Waals surface area contributed by atoms with Crippen LogP contribution in [-0.2, 0) is 18.4 Å². The quantitative estimate of drug-likeness (QED) is 0.804. The average molecular weight is 414 g/mol. The molecule has 3 heterocycles. The molecule has 2 aromatic heterocycles. The van der Waals surface area contributed by atoms with Crippen LogP contribution in [0.1, 0.15) is 60.7 Å². The molecule has 0 radical (unpaired) electrons. The van der Waals surface area contributed by atoms with Crippen molar-refractivity contribution in [2.24, 2.45) is 23.7 Å². The maximum Gasteiger partial charge on any atom is 0.137 e. The molecule has 0 amide bonds. The first-order chi connectivity index (χ1) is 14.0. The van der Waals surface area contributed by atoms with E-state index in [1.165, 1.54) is 49.2 Å². The van der Waals surface area contributed by atoms with Gasteiger partial charge in [-0.15, -0.1) is 11.3 Å². The van der Waals surface area contributed by atoms with Gasteiger partial charge in [-0.05, 0) is 63.2 Å². The maximum absolute atomic E-state index is 10.5. The molecule has 29 heavy (non-hydrogen) atoms. The Morgan fingerprint density at radius 3 is 2.55 bits per heavy atom. The number of thiazole rings is 1. The topological polar surface area (TPSA) is 62.4 Å². The SMILES string of the molecule is Cc1cc(C[C@@H]2CN(Cc3csc(C45CC6CC(CC(C6)C4)C5)n3)C[C@H]2O)on1. The molecular formula is C23H31N3O2S. The second-order valence-corrected chi connectivity index (χ2v) is 11.4. The van der Waals surface area contributed by atoms with Crippen molar-refractivity contribution in [3.8, 4) is 0 Å². The van der Waals surface area contributed by atoms with Crippen molar-refractivity contribution in [3.63, 3.8) is 0 Å². The Labute approximate surface area is 176 Å². The highest BCUT2D eigenvalue weighted by Gasteiger charge is 2.53. The molecule has 1 aliphatic heterocycles. The Balaban J connectivity index is 1.12. The van der Waals surface area contributed by atoms with E-state index >= 15 is 0 Å². The van der Waals surface area contributed by atoms with E-state index in [1.807, 2.05) is 24.3 Å². The fraction of sp³-hybridized carbons (Fsp3) is 0.739. The summed E-state index contributed by atoms with van der Waals surface area (Å²) in [5, 5.41) is 18.2. The number of aliphatic hydroxyl groups excluding tert-OH is 1. The van der Waals surface area contributed by atoms with Gasteiger partial charge in [0, 0.05) is 48.8 Å². The molecule has 0 unspecified atom stereocenters. The van der Waals surface area contributed by atoms with Crippen LogP contribution in [-0.4, -0.2) is 39.3 Å². The van der Waals surface area contributed by atoms with Gasteiger partial charge in [0.1, 0.15) is 5.76 Å². The molecule has 2 aromatic rings. The summed E-state index contributed by atoms with van der Waals surface area (Å²) in [5.74, 6) is 3.98. The van der Waals surface area contributed by atoms with E-state index < -0.39 is 0 Å². The fourth-order valence-corrected chi connectivity index (χ4v) is 8.31. The Morgan fingerprint density at radius 2 is 1.90 bits per heavy atom. The highest BCUT2D eigenvalue weighted by atomic mass is 32.1. The van der Waals surface area contributed by atoms with Crippen molar-refractivity contribution in [1.29, 1.82) is 0 Å². The molecule has 7 rings (SSSR count). The van der Waals surface area contributed by atoms with Crippen molar-refractivity contribution >= 4 is 11.3 Å². The second-order valence-electron chi connectivity index (χ2n) is 10.5. The zero-order valence-corrected chi connectivity index (χ0v) is 18.0. The van der Waals surface area contributed by atoms with E-state index in [4.69, 9.17) is 9.51 Å². The minimum atomic E-state index is -0.304. The lowest BCUT2D eigenvalue weighted by atomic mass is 9.50. The lowest BCUT2D eigenvalue weighted by Crippen LogP contribution is -2.48. The minimum Gasteiger partial charge on any atom is -0.391 e. The van der Waals surface area contributed by atoms with E-state index in [0.717, 1.165) is 55.3 Å². The van der Waals surface area contributed by atoms with Crippen LogP contribution < -0.4 is 0 Å². The standard InChI is InChI=1S/C23H31N3O2S/c1-14-2-20(28-25-14)6-18-10-26(12-21(18)27)11-19-13-29-22(24-19)23-7-15-3-16(8-23)5-17(4-15)9-23/h2,13,15-18,21,27H,3-12H2,1H3/t15?,16?,17?,18-,21-,23?/m1/s1. The third kappa shape index (κ3) is 3.37. The van der Waals surface area contributed by atoms with E-state index in [2.05, 4.69) is 15.4 Å². The number of likely N-dealkylation sites (tertiary alicyclic amines) is 1. The summed E-state index contributed by atoms with van der Waals surface area (Å²) in [6, 6.07) is 1.98. The number of hydrogen-bond donors (Lipinski definition) is 1. The molecule has 2 atom stereocenters. The van der Waals surface area contributed by atoms with Crippen LogP contribution >= 0.6 is 11.3 Å². The largest absolute Gasteiger partial charge is 0.391 e. The van der Waals surface area contributed by atoms with Gasteiger partial charge in [-0.2, -0.15) is 0 Å². The molecule has 6 heteroatoms. The van der Waals surface area contributed by atoms with Crippen LogP contribution in [0.2, 0.25) is 0 Å². The predicted molar refractivity (Wildman–Crippen MR) is 112 cm³/mol. The zero-order chi connectivity index (χ0) is 19.6. The Kier molecular flexibility index (Phi) is 4.40. The fourth-order valence-electron chi connectivity index (χ4n) is 7.27. The van der Waals surface area contributed by atoms with Gasteiger partial charge in [0.15, 0.2) is 0 Å². The van der Waals surface area contributed by atoms with E-state index in [1.54, 1.807) is 0 Å². The van der Waals surface area contributed by atoms with Gasteiger partial charge in [0.25, 0.3) is 0 Å². The Bertz CT molecular complexity index is 855. The third-order valence-electron chi connectivity index (χ3n) is 8.05. The van der Waals surface area contributed by atoms with Gasteiger partial charge >= 0.3 is 0 Å². The van der Waals surface area contributed by atoms with Crippen LogP contribution in [0.3, 0.4) is 0 Å². The number of nitrogens with zero attached hydrogens (tertiary/aromatic N) is 3. The smallest absolute Gasteiger partial charge is 0.137 e. The Morgan fingerprint density at radius 1 is 1.17 bits per heavy atom. The molecule has 0 spiro atoms. The average Bonchev–Trinajstić information content (AvgIpc) is 3.36. The summed E-state index contributed by atoms with van der Waals surface area (Å²) in [4.78, 5) is 7.53. The molecule has 5 fully saturated rings. The van der Waals surface area contributed by atoms with E-state index in [-0.39, 0.29) is 12.0 Å². The van der Waals surface area contributed by atoms with Gasteiger partial charge in [0.2, 0.25) is 0 Å². The first-order valence-corrected chi connectivity index (χ1v) is 12.2. The summed E-state index contributed by atoms with van der Waals surface area (Å²) < 4.78 is 5.36. The molecule has 1 saturated heterocycles. The molecular weight excluding hydrogens is 382 g/mol. The summed E-state index contributed by atoms with van der Waals surface area (Å²) in [6.45, 7) is 4.41. The summed E-state index contributed by atoms with van der Waals surface area (Å²) in [6.07, 6.45) is 9.04. The van der Waals surface area contributed by atoms with Gasteiger partial charge in [-0.25, -0.2) is 4.98 Å². The molecule has 5 aliphatic rings. The summed E-state index contributed by atoms with van der Waals surface area (Å²) >= 11 is 1.90. The van der Waals surface area contributed by atoms with Crippen LogP contribution in [0, 0.1) is 30.6 Å². The number of β-amino-alcohol motifs (C(OH)–C–C–N with tert-alkyl or cyclic N) is 1. The van der Waals surface area contributed by atoms with Gasteiger partial charge in [0.05, 0.1) is 22.5 Å². The second kappa shape index (κ2) is 6.89. The lowest BCUT2D eigenvalue weighted by molar-refractivity contribution is -0.00537. The number of hydrogen-bond acceptors (Lipinski definition) is 6. The molecule has 0 aromatic carbocycles. The number of aryl methyl sites for hydroxylation is 1. The van der Waals surface area contributed by atoms with Crippen LogP contribution in [0.25, 0.3) is 0 Å². The van der Waals surface area contributed by atoms with Crippen LogP contribution in [0.15, 0.2) is 16.0 Å². The molecule has 1 N–H and O–H groups in total. The Hall–Kier alpha value is -1.24. The lowest BCUT2D eigenvalue weighted by Gasteiger charge is -2.56. The maximum atomic E-state index is 10.5. The van der Waals surface area contributed by atoms with Crippen molar-refractivity contribution in [2.75, 3.05) is 13.1 Å². The van der Waals surface area contributed by atoms with E-state index in [9.17, 15) is 5.11 Å². The van der Waals surface area contributed by atoms with Crippen LogP contribution in [0.4, 0.5) is 0 Å². The van der Waals surface area contributed by atoms with Crippen molar-refractivity contribution in [1.82, 2.24) is 15.0 Å². The monoisotopic (exact) mass is 413 g/mol. The highest BCUT2D eigenvalue weighted by molar-refractivity contribution is 7.09. The van der Waals surface area contributed by atoms with Gasteiger partial charge in [-0.3, -0.25) is 4.90 Å². The predicted octanol–water partition coefficient (Wildman–Crippen LogP) is 3.94. The van der Waals surface area contributed by atoms with Gasteiger partial charge in [-0.1, -0.05) is 5.16 Å². The minimum absolute atomic E-state index is 0.212. The molecule has 5 nitrogen and oxygen atoms in total. The molecule has 4 saturated carbocycles. The summed E-state index contributed by atoms with van der Waals surface area (Å²) in [5.41, 5.74) is 2.50.